The van der Waals surface area contributed by atoms with Crippen LogP contribution in [0.1, 0.15) is 38.6 Å². The van der Waals surface area contributed by atoms with Gasteiger partial charge in [-0.25, -0.2) is 4.98 Å². The van der Waals surface area contributed by atoms with Gasteiger partial charge in [-0.1, -0.05) is 20.8 Å². The van der Waals surface area contributed by atoms with Crippen molar-refractivity contribution in [2.45, 2.75) is 46.1 Å². The van der Waals surface area contributed by atoms with Crippen LogP contribution in [-0.4, -0.2) is 18.1 Å². The number of aromatic nitrogens is 1. The molecule has 15 heavy (non-hydrogen) atoms. The third kappa shape index (κ3) is 4.31. The average molecular weight is 226 g/mol. The molecule has 0 aromatic carbocycles. The third-order valence-corrected chi connectivity index (χ3v) is 3.60. The normalized spacial score (nSPS) is 14.1. The summed E-state index contributed by atoms with van der Waals surface area (Å²) in [5.74, 6) is 0. The fraction of sp³-hybridized carbons (Fsp3) is 0.750. The van der Waals surface area contributed by atoms with E-state index in [1.165, 1.54) is 17.8 Å². The van der Waals surface area contributed by atoms with Gasteiger partial charge in [-0.15, -0.1) is 11.3 Å². The second-order valence-corrected chi connectivity index (χ2v) is 6.00. The molecule has 1 aromatic rings. The molecule has 0 aliphatic carbocycles. The highest BCUT2D eigenvalue weighted by atomic mass is 32.1. The van der Waals surface area contributed by atoms with E-state index >= 15 is 0 Å². The Kier molecular flexibility index (Phi) is 4.74. The largest absolute Gasteiger partial charge is 0.316 e. The molecule has 0 radical (unpaired) electrons. The molecule has 0 saturated heterocycles. The lowest BCUT2D eigenvalue weighted by Gasteiger charge is -2.30. The summed E-state index contributed by atoms with van der Waals surface area (Å²) < 4.78 is 0. The maximum Gasteiger partial charge on any atom is 0.0924 e. The molecule has 1 heterocycles. The topological polar surface area (TPSA) is 24.9 Å². The van der Waals surface area contributed by atoms with Crippen LogP contribution in [0, 0.1) is 5.41 Å². The second-order valence-electron chi connectivity index (χ2n) is 5.03. The summed E-state index contributed by atoms with van der Waals surface area (Å²) in [7, 11) is 2.05. The van der Waals surface area contributed by atoms with Crippen LogP contribution in [0.2, 0.25) is 0 Å². The fourth-order valence-electron chi connectivity index (χ4n) is 1.84. The van der Waals surface area contributed by atoms with Gasteiger partial charge in [-0.3, -0.25) is 0 Å². The number of nitrogens with zero attached hydrogens (tertiary/aromatic N) is 1. The summed E-state index contributed by atoms with van der Waals surface area (Å²) in [5, 5.41) is 6.72. The molecule has 1 N–H and O–H groups in total. The maximum absolute atomic E-state index is 4.30. The Labute approximate surface area is 97.1 Å². The van der Waals surface area contributed by atoms with Gasteiger partial charge in [0.1, 0.15) is 0 Å². The van der Waals surface area contributed by atoms with Gasteiger partial charge in [0.15, 0.2) is 0 Å². The van der Waals surface area contributed by atoms with E-state index in [1.54, 1.807) is 11.3 Å². The summed E-state index contributed by atoms with van der Waals surface area (Å²) in [6.45, 7) is 6.87. The van der Waals surface area contributed by atoms with Gasteiger partial charge in [0.25, 0.3) is 0 Å². The SMILES string of the molecule is CNC(CCCc1nccs1)C(C)(C)C. The summed E-state index contributed by atoms with van der Waals surface area (Å²) >= 11 is 1.76. The molecule has 0 spiro atoms. The lowest BCUT2D eigenvalue weighted by molar-refractivity contribution is 0.263. The van der Waals surface area contributed by atoms with Crippen molar-refractivity contribution in [2.24, 2.45) is 5.41 Å². The van der Waals surface area contributed by atoms with Crippen molar-refractivity contribution in [3.8, 4) is 0 Å². The molecule has 0 aliphatic rings. The number of nitrogens with one attached hydrogen (secondary N) is 1. The molecular formula is C12H22N2S. The lowest BCUT2D eigenvalue weighted by Crippen LogP contribution is -2.37. The van der Waals surface area contributed by atoms with Crippen molar-refractivity contribution in [3.63, 3.8) is 0 Å². The minimum Gasteiger partial charge on any atom is -0.316 e. The van der Waals surface area contributed by atoms with Crippen LogP contribution in [0.4, 0.5) is 0 Å². The van der Waals surface area contributed by atoms with Gasteiger partial charge in [-0.05, 0) is 31.7 Å². The molecule has 0 aliphatic heterocycles. The van der Waals surface area contributed by atoms with E-state index < -0.39 is 0 Å². The molecule has 1 rings (SSSR count). The molecule has 3 heteroatoms. The van der Waals surface area contributed by atoms with E-state index in [0.717, 1.165) is 6.42 Å². The quantitative estimate of drug-likeness (QED) is 0.834. The zero-order valence-corrected chi connectivity index (χ0v) is 11.0. The second kappa shape index (κ2) is 5.61. The van der Waals surface area contributed by atoms with Gasteiger partial charge in [-0.2, -0.15) is 0 Å². The van der Waals surface area contributed by atoms with E-state index in [1.807, 2.05) is 6.20 Å². The van der Waals surface area contributed by atoms with Crippen LogP contribution < -0.4 is 5.32 Å². The highest BCUT2D eigenvalue weighted by Crippen LogP contribution is 2.23. The molecule has 2 nitrogen and oxygen atoms in total. The predicted octanol–water partition coefficient (Wildman–Crippen LogP) is 3.10. The van der Waals surface area contributed by atoms with E-state index in [2.05, 4.69) is 43.5 Å². The number of hydrogen-bond acceptors (Lipinski definition) is 3. The Morgan fingerprint density at radius 3 is 2.67 bits per heavy atom. The molecule has 0 fully saturated rings. The van der Waals surface area contributed by atoms with E-state index in [4.69, 9.17) is 0 Å². The predicted molar refractivity (Wildman–Crippen MR) is 67.4 cm³/mol. The van der Waals surface area contributed by atoms with Crippen molar-refractivity contribution < 1.29 is 0 Å². The number of hydrogen-bond donors (Lipinski definition) is 1. The summed E-state index contributed by atoms with van der Waals surface area (Å²) in [6, 6.07) is 0.595. The van der Waals surface area contributed by atoms with Crippen LogP contribution in [0.5, 0.6) is 0 Å². The van der Waals surface area contributed by atoms with Crippen LogP contribution in [0.3, 0.4) is 0 Å². The minimum absolute atomic E-state index is 0.345. The summed E-state index contributed by atoms with van der Waals surface area (Å²) in [5.41, 5.74) is 0.345. The monoisotopic (exact) mass is 226 g/mol. The van der Waals surface area contributed by atoms with Crippen molar-refractivity contribution >= 4 is 11.3 Å². The van der Waals surface area contributed by atoms with Gasteiger partial charge < -0.3 is 5.32 Å². The Hall–Kier alpha value is -0.410. The highest BCUT2D eigenvalue weighted by Gasteiger charge is 2.22. The Morgan fingerprint density at radius 2 is 2.20 bits per heavy atom. The van der Waals surface area contributed by atoms with Crippen LogP contribution in [0.15, 0.2) is 11.6 Å². The zero-order chi connectivity index (χ0) is 11.3. The maximum atomic E-state index is 4.30. The number of aryl methyl sites for hydroxylation is 1. The number of thiazole rings is 1. The van der Waals surface area contributed by atoms with E-state index in [9.17, 15) is 0 Å². The Morgan fingerprint density at radius 1 is 1.47 bits per heavy atom. The highest BCUT2D eigenvalue weighted by molar-refractivity contribution is 7.09. The van der Waals surface area contributed by atoms with Gasteiger partial charge in [0.2, 0.25) is 0 Å². The first-order valence-electron chi connectivity index (χ1n) is 5.59. The van der Waals surface area contributed by atoms with E-state index in [0.29, 0.717) is 11.5 Å². The molecule has 1 aromatic heterocycles. The third-order valence-electron chi connectivity index (χ3n) is 2.76. The minimum atomic E-state index is 0.345. The lowest BCUT2D eigenvalue weighted by atomic mass is 9.84. The first kappa shape index (κ1) is 12.7. The first-order valence-corrected chi connectivity index (χ1v) is 6.47. The van der Waals surface area contributed by atoms with Crippen molar-refractivity contribution in [2.75, 3.05) is 7.05 Å². The molecule has 86 valence electrons. The van der Waals surface area contributed by atoms with Crippen LogP contribution >= 0.6 is 11.3 Å². The van der Waals surface area contributed by atoms with Crippen molar-refractivity contribution in [3.05, 3.63) is 16.6 Å². The molecule has 0 saturated carbocycles. The van der Waals surface area contributed by atoms with Gasteiger partial charge in [0, 0.05) is 17.6 Å². The van der Waals surface area contributed by atoms with Crippen LogP contribution in [-0.2, 0) is 6.42 Å². The standard InChI is InChI=1S/C12H22N2S/c1-12(2,3)10(13-4)6-5-7-11-14-8-9-15-11/h8-10,13H,5-7H2,1-4H3. The smallest absolute Gasteiger partial charge is 0.0924 e. The van der Waals surface area contributed by atoms with Crippen molar-refractivity contribution in [1.82, 2.24) is 10.3 Å². The molecule has 1 unspecified atom stereocenters. The Balaban J connectivity index is 2.29. The molecule has 0 amide bonds. The van der Waals surface area contributed by atoms with E-state index in [-0.39, 0.29) is 0 Å². The molecule has 0 bridgehead atoms. The first-order chi connectivity index (χ1) is 7.04. The molecule has 1 atom stereocenters. The summed E-state index contributed by atoms with van der Waals surface area (Å²) in [6.07, 6.45) is 5.45. The zero-order valence-electron chi connectivity index (χ0n) is 10.2. The van der Waals surface area contributed by atoms with Gasteiger partial charge >= 0.3 is 0 Å². The average Bonchev–Trinajstić information content (AvgIpc) is 2.62. The van der Waals surface area contributed by atoms with Crippen LogP contribution in [0.25, 0.3) is 0 Å². The summed E-state index contributed by atoms with van der Waals surface area (Å²) in [4.78, 5) is 4.30. The molecular weight excluding hydrogens is 204 g/mol. The van der Waals surface area contributed by atoms with Crippen molar-refractivity contribution in [1.29, 1.82) is 0 Å². The Bertz CT molecular complexity index is 262. The number of rotatable bonds is 5. The van der Waals surface area contributed by atoms with Gasteiger partial charge in [0.05, 0.1) is 5.01 Å². The fourth-order valence-corrected chi connectivity index (χ4v) is 2.51.